The summed E-state index contributed by atoms with van der Waals surface area (Å²) in [5, 5.41) is 5.16. The number of aryl methyl sites for hydroxylation is 1. The van der Waals surface area contributed by atoms with E-state index >= 15 is 0 Å². The average Bonchev–Trinajstić information content (AvgIpc) is 2.67. The van der Waals surface area contributed by atoms with E-state index in [0.717, 1.165) is 16.7 Å². The molecule has 146 valence electrons. The molecule has 0 bridgehead atoms. The lowest BCUT2D eigenvalue weighted by molar-refractivity contribution is -0.145. The van der Waals surface area contributed by atoms with Gasteiger partial charge in [-0.05, 0) is 36.1 Å². The zero-order valence-corrected chi connectivity index (χ0v) is 16.0. The smallest absolute Gasteiger partial charge is 0.355 e. The lowest BCUT2D eigenvalue weighted by Crippen LogP contribution is -2.32. The molecule has 0 spiro atoms. The standard InChI is InChI=1S/C22H24N2O4/c1-16-8-6-7-11-19(16)12-13-23-21(26)15-28-22(27)20(24-17(2)25)14-18-9-4-3-5-10-18/h3-11,14H,12-13,15H2,1-2H3,(H,23,26)(H,24,25)/b20-14-. The number of nitrogens with one attached hydrogen (secondary N) is 2. The van der Waals surface area contributed by atoms with E-state index in [0.29, 0.717) is 13.0 Å². The fourth-order valence-electron chi connectivity index (χ4n) is 2.54. The van der Waals surface area contributed by atoms with Gasteiger partial charge in [0.1, 0.15) is 5.70 Å². The van der Waals surface area contributed by atoms with Gasteiger partial charge < -0.3 is 15.4 Å². The Balaban J connectivity index is 1.85. The molecule has 0 saturated carbocycles. The molecule has 0 aliphatic heterocycles. The Hall–Kier alpha value is -3.41. The molecule has 0 radical (unpaired) electrons. The first-order valence-electron chi connectivity index (χ1n) is 8.98. The van der Waals surface area contributed by atoms with Crippen molar-refractivity contribution < 1.29 is 19.1 Å². The van der Waals surface area contributed by atoms with Crippen molar-refractivity contribution in [2.24, 2.45) is 0 Å². The predicted octanol–water partition coefficient (Wildman–Crippen LogP) is 2.37. The van der Waals surface area contributed by atoms with Gasteiger partial charge in [-0.15, -0.1) is 0 Å². The Kier molecular flexibility index (Phi) is 7.96. The minimum atomic E-state index is -0.770. The van der Waals surface area contributed by atoms with Gasteiger partial charge in [-0.3, -0.25) is 9.59 Å². The first-order chi connectivity index (χ1) is 13.5. The number of carbonyl (C=O) groups excluding carboxylic acids is 3. The maximum Gasteiger partial charge on any atom is 0.355 e. The van der Waals surface area contributed by atoms with Crippen molar-refractivity contribution in [3.8, 4) is 0 Å². The molecule has 0 aliphatic carbocycles. The number of hydrogen-bond donors (Lipinski definition) is 2. The number of hydrogen-bond acceptors (Lipinski definition) is 4. The van der Waals surface area contributed by atoms with E-state index in [1.807, 2.05) is 49.4 Å². The summed E-state index contributed by atoms with van der Waals surface area (Å²) in [6.07, 6.45) is 2.19. The Morgan fingerprint density at radius 2 is 1.68 bits per heavy atom. The monoisotopic (exact) mass is 380 g/mol. The van der Waals surface area contributed by atoms with Gasteiger partial charge >= 0.3 is 5.97 Å². The molecule has 0 heterocycles. The van der Waals surface area contributed by atoms with Gasteiger partial charge in [0.15, 0.2) is 6.61 Å². The number of esters is 1. The second-order valence-electron chi connectivity index (χ2n) is 6.25. The molecule has 0 unspecified atom stereocenters. The lowest BCUT2D eigenvalue weighted by atomic mass is 10.1. The van der Waals surface area contributed by atoms with E-state index < -0.39 is 24.4 Å². The summed E-state index contributed by atoms with van der Waals surface area (Å²) < 4.78 is 5.03. The van der Waals surface area contributed by atoms with Gasteiger partial charge in [-0.25, -0.2) is 4.79 Å². The van der Waals surface area contributed by atoms with E-state index in [-0.39, 0.29) is 5.70 Å². The second kappa shape index (κ2) is 10.7. The quantitative estimate of drug-likeness (QED) is 0.544. The Morgan fingerprint density at radius 1 is 1.00 bits per heavy atom. The number of ether oxygens (including phenoxy) is 1. The predicted molar refractivity (Wildman–Crippen MR) is 107 cm³/mol. The van der Waals surface area contributed by atoms with Crippen LogP contribution in [0.4, 0.5) is 0 Å². The molecule has 2 amide bonds. The molecule has 0 fully saturated rings. The summed E-state index contributed by atoms with van der Waals surface area (Å²) in [7, 11) is 0. The highest BCUT2D eigenvalue weighted by atomic mass is 16.5. The molecule has 28 heavy (non-hydrogen) atoms. The van der Waals surface area contributed by atoms with Crippen molar-refractivity contribution >= 4 is 23.9 Å². The summed E-state index contributed by atoms with van der Waals surface area (Å²) >= 11 is 0. The van der Waals surface area contributed by atoms with Crippen LogP contribution in [0.5, 0.6) is 0 Å². The van der Waals surface area contributed by atoms with Crippen molar-refractivity contribution in [3.05, 3.63) is 77.0 Å². The molecule has 2 N–H and O–H groups in total. The fraction of sp³-hybridized carbons (Fsp3) is 0.227. The van der Waals surface area contributed by atoms with Crippen LogP contribution in [0.25, 0.3) is 6.08 Å². The number of amides is 2. The van der Waals surface area contributed by atoms with Crippen LogP contribution in [0.1, 0.15) is 23.6 Å². The van der Waals surface area contributed by atoms with Crippen LogP contribution < -0.4 is 10.6 Å². The second-order valence-corrected chi connectivity index (χ2v) is 6.25. The average molecular weight is 380 g/mol. The summed E-state index contributed by atoms with van der Waals surface area (Å²) in [5.41, 5.74) is 3.02. The van der Waals surface area contributed by atoms with E-state index in [4.69, 9.17) is 4.74 Å². The Bertz CT molecular complexity index is 860. The molecular formula is C22H24N2O4. The lowest BCUT2D eigenvalue weighted by Gasteiger charge is -2.10. The van der Waals surface area contributed by atoms with Gasteiger partial charge in [0.05, 0.1) is 0 Å². The molecule has 2 rings (SSSR count). The topological polar surface area (TPSA) is 84.5 Å². The maximum absolute atomic E-state index is 12.2. The van der Waals surface area contributed by atoms with Crippen LogP contribution in [0, 0.1) is 6.92 Å². The normalized spacial score (nSPS) is 10.9. The zero-order chi connectivity index (χ0) is 20.4. The third kappa shape index (κ3) is 7.07. The largest absolute Gasteiger partial charge is 0.451 e. The molecular weight excluding hydrogens is 356 g/mol. The maximum atomic E-state index is 12.2. The van der Waals surface area contributed by atoms with Crippen LogP contribution in [0.2, 0.25) is 0 Å². The summed E-state index contributed by atoms with van der Waals surface area (Å²) in [6.45, 7) is 3.34. The summed E-state index contributed by atoms with van der Waals surface area (Å²) in [4.78, 5) is 35.5. The molecule has 0 aromatic heterocycles. The van der Waals surface area contributed by atoms with E-state index in [9.17, 15) is 14.4 Å². The molecule has 0 atom stereocenters. The van der Waals surface area contributed by atoms with Gasteiger partial charge in [0.25, 0.3) is 5.91 Å². The minimum Gasteiger partial charge on any atom is -0.451 e. The first-order valence-corrected chi connectivity index (χ1v) is 8.98. The van der Waals surface area contributed by atoms with Crippen LogP contribution >= 0.6 is 0 Å². The van der Waals surface area contributed by atoms with Crippen molar-refractivity contribution in [1.29, 1.82) is 0 Å². The van der Waals surface area contributed by atoms with Gasteiger partial charge in [0.2, 0.25) is 5.91 Å². The SMILES string of the molecule is CC(=O)N/C(=C\c1ccccc1)C(=O)OCC(=O)NCCc1ccccc1C. The zero-order valence-electron chi connectivity index (χ0n) is 16.0. The third-order valence-electron chi connectivity index (χ3n) is 3.95. The molecule has 6 heteroatoms. The Morgan fingerprint density at radius 3 is 2.36 bits per heavy atom. The van der Waals surface area contributed by atoms with Gasteiger partial charge in [0, 0.05) is 13.5 Å². The Labute approximate surface area is 164 Å². The van der Waals surface area contributed by atoms with Crippen LogP contribution in [0.15, 0.2) is 60.3 Å². The van der Waals surface area contributed by atoms with E-state index in [2.05, 4.69) is 10.6 Å². The first kappa shape index (κ1) is 20.9. The number of rotatable bonds is 8. The van der Waals surface area contributed by atoms with E-state index in [1.54, 1.807) is 12.1 Å². The van der Waals surface area contributed by atoms with Crippen molar-refractivity contribution in [3.63, 3.8) is 0 Å². The fourth-order valence-corrected chi connectivity index (χ4v) is 2.54. The molecule has 6 nitrogen and oxygen atoms in total. The number of carbonyl (C=O) groups is 3. The summed E-state index contributed by atoms with van der Waals surface area (Å²) in [5.74, 6) is -1.57. The highest BCUT2D eigenvalue weighted by Gasteiger charge is 2.14. The molecule has 2 aromatic rings. The van der Waals surface area contributed by atoms with Gasteiger partial charge in [-0.1, -0.05) is 54.6 Å². The highest BCUT2D eigenvalue weighted by molar-refractivity contribution is 5.98. The molecule has 0 saturated heterocycles. The molecule has 0 aliphatic rings. The van der Waals surface area contributed by atoms with E-state index in [1.165, 1.54) is 13.0 Å². The summed E-state index contributed by atoms with van der Waals surface area (Å²) in [6, 6.07) is 17.0. The van der Waals surface area contributed by atoms with Crippen molar-refractivity contribution in [2.45, 2.75) is 20.3 Å². The minimum absolute atomic E-state index is 0.0218. The van der Waals surface area contributed by atoms with Crippen LogP contribution in [-0.4, -0.2) is 30.9 Å². The highest BCUT2D eigenvalue weighted by Crippen LogP contribution is 2.07. The van der Waals surface area contributed by atoms with Crippen LogP contribution in [0.3, 0.4) is 0 Å². The van der Waals surface area contributed by atoms with Gasteiger partial charge in [-0.2, -0.15) is 0 Å². The molecule has 2 aromatic carbocycles. The van der Waals surface area contributed by atoms with Crippen molar-refractivity contribution in [2.75, 3.05) is 13.2 Å². The van der Waals surface area contributed by atoms with Crippen molar-refractivity contribution in [1.82, 2.24) is 10.6 Å². The van der Waals surface area contributed by atoms with Crippen LogP contribution in [-0.2, 0) is 25.5 Å². The third-order valence-corrected chi connectivity index (χ3v) is 3.95. The number of benzene rings is 2.